The summed E-state index contributed by atoms with van der Waals surface area (Å²) in [7, 11) is 0. The molecule has 1 N–H and O–H groups in total. The summed E-state index contributed by atoms with van der Waals surface area (Å²) < 4.78 is 4.96. The topological polar surface area (TPSA) is 58.4 Å². The van der Waals surface area contributed by atoms with Gasteiger partial charge in [-0.3, -0.25) is 4.79 Å². The molecule has 104 valence electrons. The first kappa shape index (κ1) is 12.7. The van der Waals surface area contributed by atoms with E-state index < -0.39 is 0 Å². The Morgan fingerprint density at radius 2 is 1.90 bits per heavy atom. The normalized spacial score (nSPS) is 15.1. The van der Waals surface area contributed by atoms with Crippen LogP contribution in [0.1, 0.15) is 29.8 Å². The standard InChI is InChI=1S/C15H17N3O2/c19-15(14-10-16-11-20-14)17-12-4-6-13(7-5-12)18-8-2-1-3-9-18/h4-7,10-11H,1-3,8-9H2,(H,17,19). The lowest BCUT2D eigenvalue weighted by Gasteiger charge is -2.28. The van der Waals surface area contributed by atoms with E-state index in [1.807, 2.05) is 24.3 Å². The van der Waals surface area contributed by atoms with Gasteiger partial charge in [0, 0.05) is 24.5 Å². The smallest absolute Gasteiger partial charge is 0.293 e. The minimum Gasteiger partial charge on any atom is -0.438 e. The van der Waals surface area contributed by atoms with Gasteiger partial charge in [-0.15, -0.1) is 0 Å². The van der Waals surface area contributed by atoms with Gasteiger partial charge < -0.3 is 14.6 Å². The molecule has 5 heteroatoms. The Labute approximate surface area is 117 Å². The minimum absolute atomic E-state index is 0.213. The second kappa shape index (κ2) is 5.77. The van der Waals surface area contributed by atoms with Gasteiger partial charge in [0.15, 0.2) is 6.39 Å². The summed E-state index contributed by atoms with van der Waals surface area (Å²) in [5, 5.41) is 2.78. The molecule has 2 aromatic rings. The van der Waals surface area contributed by atoms with Gasteiger partial charge in [0.1, 0.15) is 0 Å². The van der Waals surface area contributed by atoms with Gasteiger partial charge in [-0.1, -0.05) is 0 Å². The van der Waals surface area contributed by atoms with E-state index >= 15 is 0 Å². The quantitative estimate of drug-likeness (QED) is 0.932. The van der Waals surface area contributed by atoms with Crippen molar-refractivity contribution in [3.8, 4) is 0 Å². The van der Waals surface area contributed by atoms with Crippen LogP contribution in [0.5, 0.6) is 0 Å². The van der Waals surface area contributed by atoms with E-state index in [-0.39, 0.29) is 11.7 Å². The molecular formula is C15H17N3O2. The third-order valence-electron chi connectivity index (χ3n) is 3.50. The Morgan fingerprint density at radius 3 is 2.55 bits per heavy atom. The molecule has 2 heterocycles. The second-order valence-corrected chi connectivity index (χ2v) is 4.91. The van der Waals surface area contributed by atoms with Gasteiger partial charge in [-0.25, -0.2) is 4.98 Å². The van der Waals surface area contributed by atoms with Crippen LogP contribution in [-0.2, 0) is 0 Å². The molecule has 3 rings (SSSR count). The lowest BCUT2D eigenvalue weighted by molar-refractivity contribution is 0.0996. The molecule has 1 aliphatic heterocycles. The number of benzene rings is 1. The highest BCUT2D eigenvalue weighted by molar-refractivity contribution is 6.02. The highest BCUT2D eigenvalue weighted by Gasteiger charge is 2.12. The minimum atomic E-state index is -0.284. The maximum Gasteiger partial charge on any atom is 0.293 e. The van der Waals surface area contributed by atoms with E-state index in [9.17, 15) is 4.79 Å². The molecule has 1 saturated heterocycles. The van der Waals surface area contributed by atoms with Crippen LogP contribution in [0.25, 0.3) is 0 Å². The summed E-state index contributed by atoms with van der Waals surface area (Å²) in [5.41, 5.74) is 1.97. The molecule has 0 radical (unpaired) electrons. The zero-order valence-electron chi connectivity index (χ0n) is 11.2. The van der Waals surface area contributed by atoms with Crippen LogP contribution in [0, 0.1) is 0 Å². The number of carbonyl (C=O) groups excluding carboxylic acids is 1. The Balaban J connectivity index is 1.65. The van der Waals surface area contributed by atoms with E-state index in [4.69, 9.17) is 4.42 Å². The maximum absolute atomic E-state index is 11.8. The molecule has 0 bridgehead atoms. The number of rotatable bonds is 3. The van der Waals surface area contributed by atoms with Crippen molar-refractivity contribution in [2.75, 3.05) is 23.3 Å². The SMILES string of the molecule is O=C(Nc1ccc(N2CCCCC2)cc1)c1cnco1. The zero-order valence-corrected chi connectivity index (χ0v) is 11.2. The van der Waals surface area contributed by atoms with Crippen molar-refractivity contribution in [3.63, 3.8) is 0 Å². The number of nitrogens with one attached hydrogen (secondary N) is 1. The Bertz CT molecular complexity index is 557. The number of aromatic nitrogens is 1. The summed E-state index contributed by atoms with van der Waals surface area (Å²) in [4.78, 5) is 17.9. The van der Waals surface area contributed by atoms with Crippen molar-refractivity contribution in [1.82, 2.24) is 4.98 Å². The molecule has 0 aliphatic carbocycles. The van der Waals surface area contributed by atoms with Crippen LogP contribution in [-0.4, -0.2) is 24.0 Å². The van der Waals surface area contributed by atoms with E-state index in [1.165, 1.54) is 37.5 Å². The average molecular weight is 271 g/mol. The molecule has 0 atom stereocenters. The molecule has 1 aliphatic rings. The van der Waals surface area contributed by atoms with E-state index in [2.05, 4.69) is 15.2 Å². The van der Waals surface area contributed by atoms with E-state index in [1.54, 1.807) is 0 Å². The molecule has 1 fully saturated rings. The predicted octanol–water partition coefficient (Wildman–Crippen LogP) is 2.92. The van der Waals surface area contributed by atoms with Gasteiger partial charge >= 0.3 is 0 Å². The Kier molecular flexibility index (Phi) is 3.67. The van der Waals surface area contributed by atoms with Gasteiger partial charge in [-0.05, 0) is 43.5 Å². The molecule has 1 aromatic carbocycles. The number of nitrogens with zero attached hydrogens (tertiary/aromatic N) is 2. The van der Waals surface area contributed by atoms with Crippen molar-refractivity contribution in [3.05, 3.63) is 42.6 Å². The van der Waals surface area contributed by atoms with Gasteiger partial charge in [0.2, 0.25) is 5.76 Å². The molecule has 0 unspecified atom stereocenters. The number of hydrogen-bond acceptors (Lipinski definition) is 4. The fourth-order valence-electron chi connectivity index (χ4n) is 2.43. The molecule has 20 heavy (non-hydrogen) atoms. The molecule has 0 spiro atoms. The zero-order chi connectivity index (χ0) is 13.8. The summed E-state index contributed by atoms with van der Waals surface area (Å²) >= 11 is 0. The molecule has 5 nitrogen and oxygen atoms in total. The Hall–Kier alpha value is -2.30. The van der Waals surface area contributed by atoms with Crippen molar-refractivity contribution < 1.29 is 9.21 Å². The number of piperidine rings is 1. The van der Waals surface area contributed by atoms with Gasteiger partial charge in [0.05, 0.1) is 6.20 Å². The second-order valence-electron chi connectivity index (χ2n) is 4.91. The summed E-state index contributed by atoms with van der Waals surface area (Å²) in [6, 6.07) is 7.92. The largest absolute Gasteiger partial charge is 0.438 e. The summed E-state index contributed by atoms with van der Waals surface area (Å²) in [6.45, 7) is 2.23. The number of oxazole rings is 1. The molecule has 1 amide bonds. The molecule has 1 aromatic heterocycles. The van der Waals surface area contributed by atoms with Crippen LogP contribution in [0.2, 0.25) is 0 Å². The molecular weight excluding hydrogens is 254 g/mol. The first-order valence-electron chi connectivity index (χ1n) is 6.88. The van der Waals surface area contributed by atoms with Crippen molar-refractivity contribution >= 4 is 17.3 Å². The highest BCUT2D eigenvalue weighted by atomic mass is 16.3. The fourth-order valence-corrected chi connectivity index (χ4v) is 2.43. The maximum atomic E-state index is 11.8. The summed E-state index contributed by atoms with van der Waals surface area (Å²) in [6.07, 6.45) is 6.47. The van der Waals surface area contributed by atoms with Crippen LogP contribution in [0.3, 0.4) is 0 Å². The highest BCUT2D eigenvalue weighted by Crippen LogP contribution is 2.22. The van der Waals surface area contributed by atoms with E-state index in [0.717, 1.165) is 18.8 Å². The monoisotopic (exact) mass is 271 g/mol. The number of amides is 1. The molecule has 0 saturated carbocycles. The van der Waals surface area contributed by atoms with Crippen molar-refractivity contribution in [1.29, 1.82) is 0 Å². The van der Waals surface area contributed by atoms with Crippen LogP contribution in [0.15, 0.2) is 41.3 Å². The van der Waals surface area contributed by atoms with Crippen LogP contribution in [0.4, 0.5) is 11.4 Å². The predicted molar refractivity (Wildman–Crippen MR) is 77.0 cm³/mol. The Morgan fingerprint density at radius 1 is 1.15 bits per heavy atom. The van der Waals surface area contributed by atoms with Crippen LogP contribution < -0.4 is 10.2 Å². The van der Waals surface area contributed by atoms with Gasteiger partial charge in [0.25, 0.3) is 5.91 Å². The number of anilines is 2. The lowest BCUT2D eigenvalue weighted by atomic mass is 10.1. The first-order valence-corrected chi connectivity index (χ1v) is 6.88. The fraction of sp³-hybridized carbons (Fsp3) is 0.333. The third-order valence-corrected chi connectivity index (χ3v) is 3.50. The number of hydrogen-bond donors (Lipinski definition) is 1. The van der Waals surface area contributed by atoms with Crippen molar-refractivity contribution in [2.24, 2.45) is 0 Å². The van der Waals surface area contributed by atoms with E-state index in [0.29, 0.717) is 0 Å². The number of carbonyl (C=O) groups is 1. The van der Waals surface area contributed by atoms with Crippen LogP contribution >= 0.6 is 0 Å². The lowest BCUT2D eigenvalue weighted by Crippen LogP contribution is -2.29. The first-order chi connectivity index (χ1) is 9.83. The third kappa shape index (κ3) is 2.82. The average Bonchev–Trinajstić information content (AvgIpc) is 3.03. The van der Waals surface area contributed by atoms with Gasteiger partial charge in [-0.2, -0.15) is 0 Å². The van der Waals surface area contributed by atoms with Crippen molar-refractivity contribution in [2.45, 2.75) is 19.3 Å². The summed E-state index contributed by atoms with van der Waals surface area (Å²) in [5.74, 6) is -0.0710.